The molecule has 1 amide bonds. The number of ether oxygens (including phenoxy) is 2. The van der Waals surface area contributed by atoms with Crippen LogP contribution in [0.5, 0.6) is 5.75 Å². The number of methoxy groups -OCH3 is 1. The standard InChI is InChI=1S/C18H18ClNO4/c1-3-24-14-7-4-12(5-8-14)10-17(21)20-16-11-13(18(22)23-2)6-9-15(16)19/h4-9,11H,3,10H2,1-2H3,(H,20,21). The van der Waals surface area contributed by atoms with Gasteiger partial charge in [0.05, 0.1) is 36.4 Å². The average Bonchev–Trinajstić information content (AvgIpc) is 2.58. The third-order valence-corrected chi connectivity index (χ3v) is 3.59. The van der Waals surface area contributed by atoms with E-state index in [9.17, 15) is 9.59 Å². The number of amides is 1. The summed E-state index contributed by atoms with van der Waals surface area (Å²) >= 11 is 6.06. The summed E-state index contributed by atoms with van der Waals surface area (Å²) < 4.78 is 10.0. The number of hydrogen-bond acceptors (Lipinski definition) is 4. The van der Waals surface area contributed by atoms with Gasteiger partial charge in [-0.05, 0) is 42.8 Å². The summed E-state index contributed by atoms with van der Waals surface area (Å²) in [5.41, 5.74) is 1.53. The third kappa shape index (κ3) is 4.73. The molecule has 24 heavy (non-hydrogen) atoms. The largest absolute Gasteiger partial charge is 0.494 e. The van der Waals surface area contributed by atoms with Gasteiger partial charge in [-0.2, -0.15) is 0 Å². The Morgan fingerprint density at radius 2 is 1.83 bits per heavy atom. The molecule has 6 heteroatoms. The van der Waals surface area contributed by atoms with E-state index < -0.39 is 5.97 Å². The monoisotopic (exact) mass is 347 g/mol. The Bertz CT molecular complexity index is 728. The highest BCUT2D eigenvalue weighted by atomic mass is 35.5. The molecule has 0 aromatic heterocycles. The van der Waals surface area contributed by atoms with E-state index in [4.69, 9.17) is 16.3 Å². The second-order valence-corrected chi connectivity index (χ2v) is 5.40. The van der Waals surface area contributed by atoms with Gasteiger partial charge in [-0.3, -0.25) is 4.79 Å². The van der Waals surface area contributed by atoms with Gasteiger partial charge < -0.3 is 14.8 Å². The fourth-order valence-corrected chi connectivity index (χ4v) is 2.28. The van der Waals surface area contributed by atoms with Crippen LogP contribution in [-0.2, 0) is 16.0 Å². The van der Waals surface area contributed by atoms with E-state index in [1.807, 2.05) is 31.2 Å². The highest BCUT2D eigenvalue weighted by molar-refractivity contribution is 6.33. The van der Waals surface area contributed by atoms with E-state index >= 15 is 0 Å². The summed E-state index contributed by atoms with van der Waals surface area (Å²) in [4.78, 5) is 23.7. The molecule has 0 aliphatic carbocycles. The van der Waals surface area contributed by atoms with Gasteiger partial charge in [-0.15, -0.1) is 0 Å². The van der Waals surface area contributed by atoms with E-state index in [0.29, 0.717) is 22.9 Å². The van der Waals surface area contributed by atoms with E-state index in [1.165, 1.54) is 19.2 Å². The average molecular weight is 348 g/mol. The van der Waals surface area contributed by atoms with Gasteiger partial charge in [0.25, 0.3) is 0 Å². The van der Waals surface area contributed by atoms with Crippen molar-refractivity contribution in [2.24, 2.45) is 0 Å². The molecule has 0 spiro atoms. The number of hydrogen-bond donors (Lipinski definition) is 1. The lowest BCUT2D eigenvalue weighted by atomic mass is 10.1. The summed E-state index contributed by atoms with van der Waals surface area (Å²) in [5.74, 6) is 0.0345. The summed E-state index contributed by atoms with van der Waals surface area (Å²) in [6.07, 6.45) is 0.186. The molecule has 0 heterocycles. The Labute approximate surface area is 145 Å². The summed E-state index contributed by atoms with van der Waals surface area (Å²) in [6, 6.07) is 11.9. The molecule has 0 saturated carbocycles. The van der Waals surface area contributed by atoms with Crippen LogP contribution < -0.4 is 10.1 Å². The minimum Gasteiger partial charge on any atom is -0.494 e. The SMILES string of the molecule is CCOc1ccc(CC(=O)Nc2cc(C(=O)OC)ccc2Cl)cc1. The van der Waals surface area contributed by atoms with Crippen LogP contribution in [0, 0.1) is 0 Å². The van der Waals surface area contributed by atoms with Gasteiger partial charge in [0.2, 0.25) is 5.91 Å². The third-order valence-electron chi connectivity index (χ3n) is 3.26. The molecule has 0 fully saturated rings. The normalized spacial score (nSPS) is 10.1. The summed E-state index contributed by atoms with van der Waals surface area (Å²) in [5, 5.41) is 3.06. The van der Waals surface area contributed by atoms with E-state index in [2.05, 4.69) is 10.1 Å². The highest BCUT2D eigenvalue weighted by Gasteiger charge is 2.11. The molecule has 1 N–H and O–H groups in total. The predicted molar refractivity (Wildman–Crippen MR) is 92.7 cm³/mol. The molecule has 0 radical (unpaired) electrons. The minimum atomic E-state index is -0.492. The molecule has 0 aliphatic rings. The van der Waals surface area contributed by atoms with Crippen molar-refractivity contribution in [2.45, 2.75) is 13.3 Å². The van der Waals surface area contributed by atoms with Crippen molar-refractivity contribution >= 4 is 29.2 Å². The molecule has 0 bridgehead atoms. The Balaban J connectivity index is 2.05. The van der Waals surface area contributed by atoms with Crippen LogP contribution in [0.15, 0.2) is 42.5 Å². The first-order chi connectivity index (χ1) is 11.5. The number of carbonyl (C=O) groups is 2. The predicted octanol–water partition coefficient (Wildman–Crippen LogP) is 3.71. The van der Waals surface area contributed by atoms with Crippen LogP contribution in [0.1, 0.15) is 22.8 Å². The topological polar surface area (TPSA) is 64.6 Å². The molecule has 0 atom stereocenters. The number of rotatable bonds is 6. The Kier molecular flexibility index (Phi) is 6.21. The molecule has 5 nitrogen and oxygen atoms in total. The Morgan fingerprint density at radius 1 is 1.12 bits per heavy atom. The van der Waals surface area contributed by atoms with Crippen molar-refractivity contribution in [1.29, 1.82) is 0 Å². The van der Waals surface area contributed by atoms with Crippen molar-refractivity contribution in [3.05, 3.63) is 58.6 Å². The lowest BCUT2D eigenvalue weighted by Gasteiger charge is -2.09. The van der Waals surface area contributed by atoms with Crippen molar-refractivity contribution in [2.75, 3.05) is 19.0 Å². The fourth-order valence-electron chi connectivity index (χ4n) is 2.12. The minimum absolute atomic E-state index is 0.186. The van der Waals surface area contributed by atoms with Crippen molar-refractivity contribution in [3.8, 4) is 5.75 Å². The molecule has 0 unspecified atom stereocenters. The number of benzene rings is 2. The van der Waals surface area contributed by atoms with Gasteiger partial charge in [0.1, 0.15) is 5.75 Å². The van der Waals surface area contributed by atoms with Crippen LogP contribution in [0.2, 0.25) is 5.02 Å². The van der Waals surface area contributed by atoms with Gasteiger partial charge in [-0.25, -0.2) is 4.79 Å². The van der Waals surface area contributed by atoms with Gasteiger partial charge >= 0.3 is 5.97 Å². The first kappa shape index (κ1) is 17.8. The first-order valence-corrected chi connectivity index (χ1v) is 7.80. The molecule has 2 aromatic rings. The number of nitrogens with one attached hydrogen (secondary N) is 1. The van der Waals surface area contributed by atoms with Gasteiger partial charge in [-0.1, -0.05) is 23.7 Å². The van der Waals surface area contributed by atoms with Crippen LogP contribution in [0.4, 0.5) is 5.69 Å². The maximum atomic E-state index is 12.2. The van der Waals surface area contributed by atoms with Gasteiger partial charge in [0.15, 0.2) is 0 Å². The molecule has 0 aliphatic heterocycles. The second-order valence-electron chi connectivity index (χ2n) is 4.99. The van der Waals surface area contributed by atoms with Crippen molar-refractivity contribution in [3.63, 3.8) is 0 Å². The van der Waals surface area contributed by atoms with Crippen molar-refractivity contribution < 1.29 is 19.1 Å². The lowest BCUT2D eigenvalue weighted by Crippen LogP contribution is -2.15. The lowest BCUT2D eigenvalue weighted by molar-refractivity contribution is -0.115. The highest BCUT2D eigenvalue weighted by Crippen LogP contribution is 2.24. The summed E-state index contributed by atoms with van der Waals surface area (Å²) in [7, 11) is 1.29. The Hall–Kier alpha value is -2.53. The van der Waals surface area contributed by atoms with Crippen LogP contribution in [-0.4, -0.2) is 25.6 Å². The number of esters is 1. The smallest absolute Gasteiger partial charge is 0.337 e. The summed E-state index contributed by atoms with van der Waals surface area (Å²) in [6.45, 7) is 2.50. The Morgan fingerprint density at radius 3 is 2.46 bits per heavy atom. The first-order valence-electron chi connectivity index (χ1n) is 7.43. The van der Waals surface area contributed by atoms with E-state index in [-0.39, 0.29) is 12.3 Å². The van der Waals surface area contributed by atoms with E-state index in [0.717, 1.165) is 11.3 Å². The molecule has 2 aromatic carbocycles. The zero-order valence-electron chi connectivity index (χ0n) is 13.5. The quantitative estimate of drug-likeness (QED) is 0.809. The van der Waals surface area contributed by atoms with E-state index in [1.54, 1.807) is 6.07 Å². The molecule has 2 rings (SSSR count). The molecule has 126 valence electrons. The molecular weight excluding hydrogens is 330 g/mol. The number of carbonyl (C=O) groups excluding carboxylic acids is 2. The number of halogens is 1. The second kappa shape index (κ2) is 8.36. The van der Waals surface area contributed by atoms with Crippen LogP contribution >= 0.6 is 11.6 Å². The van der Waals surface area contributed by atoms with Crippen LogP contribution in [0.25, 0.3) is 0 Å². The zero-order chi connectivity index (χ0) is 17.5. The maximum Gasteiger partial charge on any atom is 0.337 e. The number of anilines is 1. The fraction of sp³-hybridized carbons (Fsp3) is 0.222. The molecular formula is C18H18ClNO4. The maximum absolute atomic E-state index is 12.2. The van der Waals surface area contributed by atoms with Crippen LogP contribution in [0.3, 0.4) is 0 Å². The molecule has 0 saturated heterocycles. The van der Waals surface area contributed by atoms with Gasteiger partial charge in [0, 0.05) is 0 Å². The van der Waals surface area contributed by atoms with Crippen molar-refractivity contribution in [1.82, 2.24) is 0 Å². The zero-order valence-corrected chi connectivity index (χ0v) is 14.2.